The number of hydrogen-bond donors (Lipinski definition) is 5. The number of amides is 1. The van der Waals surface area contributed by atoms with Crippen LogP contribution >= 0.6 is 0 Å². The van der Waals surface area contributed by atoms with Crippen LogP contribution in [0.25, 0.3) is 38.7 Å². The van der Waals surface area contributed by atoms with Gasteiger partial charge < -0.3 is 58.7 Å². The zero-order valence-corrected chi connectivity index (χ0v) is 37.3. The Bertz CT molecular complexity index is 2790. The number of rotatable bonds is 3. The van der Waals surface area contributed by atoms with E-state index >= 15 is 0 Å². The fourth-order valence-corrected chi connectivity index (χ4v) is 8.88. The number of fused-ring (bicyclic) bond motifs is 2. The van der Waals surface area contributed by atoms with Crippen molar-refractivity contribution in [2.75, 3.05) is 43.6 Å². The maximum absolute atomic E-state index is 14.8. The highest BCUT2D eigenvalue weighted by molar-refractivity contribution is 6.16. The van der Waals surface area contributed by atoms with Crippen molar-refractivity contribution in [3.05, 3.63) is 79.5 Å². The minimum Gasteiger partial charge on any atom is -0.507 e. The molecule has 7 rings (SSSR count). The van der Waals surface area contributed by atoms with Crippen molar-refractivity contribution in [1.82, 2.24) is 4.98 Å². The molecule has 1 fully saturated rings. The van der Waals surface area contributed by atoms with Crippen LogP contribution < -0.4 is 31.0 Å². The van der Waals surface area contributed by atoms with E-state index in [9.17, 15) is 39.6 Å². The molecule has 3 aliphatic rings. The van der Waals surface area contributed by atoms with Gasteiger partial charge in [-0.25, -0.2) is 4.98 Å². The van der Waals surface area contributed by atoms with E-state index < -0.39 is 88.1 Å². The summed E-state index contributed by atoms with van der Waals surface area (Å²) in [4.78, 5) is 61.6. The number of methoxy groups -OCH3 is 1. The van der Waals surface area contributed by atoms with Gasteiger partial charge in [0.15, 0.2) is 22.4 Å². The molecular formula is C47H55N3O14. The van der Waals surface area contributed by atoms with Gasteiger partial charge >= 0.3 is 11.8 Å². The van der Waals surface area contributed by atoms with E-state index in [-0.39, 0.29) is 60.8 Å². The van der Waals surface area contributed by atoms with Gasteiger partial charge in [0.25, 0.3) is 5.91 Å². The van der Waals surface area contributed by atoms with E-state index in [1.165, 1.54) is 59.3 Å². The summed E-state index contributed by atoms with van der Waals surface area (Å²) in [6, 6.07) is 3.03. The van der Waals surface area contributed by atoms with Gasteiger partial charge in [-0.2, -0.15) is 0 Å². The summed E-state index contributed by atoms with van der Waals surface area (Å²) in [7, 11) is 1.44. The lowest BCUT2D eigenvalue weighted by Gasteiger charge is -2.38. The van der Waals surface area contributed by atoms with Crippen molar-refractivity contribution in [2.24, 2.45) is 23.7 Å². The molecule has 4 heterocycles. The molecule has 342 valence electrons. The van der Waals surface area contributed by atoms with Crippen molar-refractivity contribution < 1.29 is 58.1 Å². The number of benzene rings is 3. The molecule has 9 atom stereocenters. The number of phenolic OH excluding ortho intramolecular Hbond substituents is 1. The van der Waals surface area contributed by atoms with Crippen LogP contribution in [-0.4, -0.2) is 101 Å². The summed E-state index contributed by atoms with van der Waals surface area (Å²) in [5.74, 6) is -6.97. The Morgan fingerprint density at radius 1 is 0.953 bits per heavy atom. The van der Waals surface area contributed by atoms with E-state index in [2.05, 4.69) is 5.32 Å². The van der Waals surface area contributed by atoms with Crippen LogP contribution in [0.4, 0.5) is 11.4 Å². The first kappa shape index (κ1) is 46.0. The topological polar surface area (TPSA) is 237 Å². The Hall–Kier alpha value is -6.01. The van der Waals surface area contributed by atoms with E-state index in [0.29, 0.717) is 32.0 Å². The second-order valence-corrected chi connectivity index (χ2v) is 17.1. The Labute approximate surface area is 368 Å². The zero-order chi connectivity index (χ0) is 46.5. The average Bonchev–Trinajstić information content (AvgIpc) is 3.54. The number of nitrogens with one attached hydrogen (secondary N) is 1. The summed E-state index contributed by atoms with van der Waals surface area (Å²) < 4.78 is 35.8. The maximum Gasteiger partial charge on any atom is 0.307 e. The molecule has 3 aromatic carbocycles. The van der Waals surface area contributed by atoms with Crippen LogP contribution in [0.5, 0.6) is 11.5 Å². The zero-order valence-electron chi connectivity index (χ0n) is 37.3. The van der Waals surface area contributed by atoms with Crippen molar-refractivity contribution in [1.29, 1.82) is 0 Å². The molecular weight excluding hydrogens is 831 g/mol. The number of esters is 1. The monoisotopic (exact) mass is 885 g/mol. The third kappa shape index (κ3) is 8.17. The van der Waals surface area contributed by atoms with Gasteiger partial charge in [-0.3, -0.25) is 19.2 Å². The van der Waals surface area contributed by atoms with E-state index in [0.717, 1.165) is 0 Å². The summed E-state index contributed by atoms with van der Waals surface area (Å²) in [5, 5.41) is 49.0. The first-order chi connectivity index (χ1) is 30.3. The average molecular weight is 886 g/mol. The highest BCUT2D eigenvalue weighted by Crippen LogP contribution is 2.42. The van der Waals surface area contributed by atoms with Crippen molar-refractivity contribution in [3.63, 3.8) is 0 Å². The second kappa shape index (κ2) is 17.9. The molecule has 17 heteroatoms. The number of aromatic hydroxyl groups is 1. The number of carbonyl (C=O) groups is 2. The van der Waals surface area contributed by atoms with Crippen LogP contribution in [0.2, 0.25) is 0 Å². The lowest BCUT2D eigenvalue weighted by Crippen LogP contribution is -2.46. The Morgan fingerprint density at radius 3 is 2.33 bits per heavy atom. The predicted molar refractivity (Wildman–Crippen MR) is 238 cm³/mol. The third-order valence-corrected chi connectivity index (χ3v) is 12.8. The fraction of sp³-hybridized carbons (Fsp3) is 0.468. The number of phenols is 1. The molecule has 3 aliphatic heterocycles. The molecule has 0 radical (unpaired) electrons. The molecule has 0 unspecified atom stereocenters. The quantitative estimate of drug-likeness (QED) is 0.109. The van der Waals surface area contributed by atoms with Crippen molar-refractivity contribution in [3.8, 4) is 11.5 Å². The van der Waals surface area contributed by atoms with Crippen molar-refractivity contribution in [2.45, 2.75) is 85.6 Å². The summed E-state index contributed by atoms with van der Waals surface area (Å²) in [5.41, 5.74) is -1.57. The molecule has 0 aliphatic carbocycles. The summed E-state index contributed by atoms with van der Waals surface area (Å²) in [6.07, 6.45) is 3.52. The van der Waals surface area contributed by atoms with E-state index in [4.69, 9.17) is 33.1 Å². The van der Waals surface area contributed by atoms with E-state index in [1.807, 2.05) is 4.90 Å². The second-order valence-electron chi connectivity index (χ2n) is 17.1. The lowest BCUT2D eigenvalue weighted by atomic mass is 9.78. The van der Waals surface area contributed by atoms with E-state index in [1.54, 1.807) is 45.9 Å². The molecule has 4 bridgehead atoms. The number of carbonyl (C=O) groups excluding carboxylic acids is 2. The molecule has 1 amide bonds. The minimum atomic E-state index is -1.98. The minimum absolute atomic E-state index is 0.00832. The number of hydrogen-bond acceptors (Lipinski definition) is 16. The number of aromatic nitrogens is 1. The van der Waals surface area contributed by atoms with Gasteiger partial charge in [0.2, 0.25) is 10.9 Å². The van der Waals surface area contributed by atoms with Crippen LogP contribution in [-0.2, 0) is 28.5 Å². The van der Waals surface area contributed by atoms with Gasteiger partial charge in [-0.05, 0) is 19.9 Å². The number of nitrogens with zero attached hydrogens (tertiary/aromatic N) is 2. The number of ether oxygens (including phenoxy) is 5. The first-order valence-corrected chi connectivity index (χ1v) is 21.3. The predicted octanol–water partition coefficient (Wildman–Crippen LogP) is 4.40. The molecule has 0 spiro atoms. The van der Waals surface area contributed by atoms with Gasteiger partial charge in [-0.1, -0.05) is 45.9 Å². The van der Waals surface area contributed by atoms with Gasteiger partial charge in [0, 0.05) is 92.1 Å². The van der Waals surface area contributed by atoms with Crippen LogP contribution in [0.15, 0.2) is 62.3 Å². The molecule has 64 heavy (non-hydrogen) atoms. The standard InChI is InChI=1S/C47H55N3O14/c1-21-11-10-12-22(2)46(58)49-37-41(56)33-32(36-44(37)63-31-20-28(19-29(52)35(31)48-36)50-14-17-60-18-15-50)34-43(26(6)40(33)55)64-47(8,45(34)57)61-16-13-30(59-9)23(3)42(62-27(7)51)25(5)39(54)24(4)38(21)53/h10-13,16,19-21,23-25,30,38-39,42,53-55,57H,14-15,17-18H2,1-9H3,(H,49,58)/b11-10+,16-13-,22-12+/t21-,23+,24+,25+,30-,38-,39+,42+,47-/m0/s1. The third-order valence-electron chi connectivity index (χ3n) is 12.8. The van der Waals surface area contributed by atoms with Gasteiger partial charge in [-0.15, -0.1) is 0 Å². The van der Waals surface area contributed by atoms with Crippen molar-refractivity contribution >= 4 is 62.0 Å². The normalized spacial score (nSPS) is 30.2. The number of aliphatic hydroxyl groups is 3. The number of aliphatic hydroxyl groups excluding tert-OH is 3. The van der Waals surface area contributed by atoms with Crippen LogP contribution in [0.3, 0.4) is 0 Å². The Kier molecular flexibility index (Phi) is 12.8. The number of morpholine rings is 1. The smallest absolute Gasteiger partial charge is 0.307 e. The molecule has 17 nitrogen and oxygen atoms in total. The molecule has 1 aromatic heterocycles. The first-order valence-electron chi connectivity index (χ1n) is 21.3. The highest BCUT2D eigenvalue weighted by atomic mass is 16.7. The SMILES string of the molecule is CO[C@H]1/C=C\O[C@@]2(C)Oc3c(C)c(O)c4c(=O)c(c5oc6cc(N7CCOCC7)cc(=O)c6nc5c4c3=C2O)NC(=O)/C(C)=C/C=C/[C@H](C)[C@H](O)[C@@H](C)[C@@H](O)[C@@H](C)[C@H](OC(C)=O)[C@@H]1C. The lowest BCUT2D eigenvalue weighted by molar-refractivity contribution is -0.160. The fourth-order valence-electron chi connectivity index (χ4n) is 8.88. The number of allylic oxidation sites excluding steroid dienone is 2. The molecule has 4 aromatic rings. The molecule has 1 saturated heterocycles. The Balaban J connectivity index is 1.49. The van der Waals surface area contributed by atoms with Crippen LogP contribution in [0.1, 0.15) is 54.0 Å². The van der Waals surface area contributed by atoms with Gasteiger partial charge in [0.1, 0.15) is 28.8 Å². The largest absolute Gasteiger partial charge is 0.507 e. The van der Waals surface area contributed by atoms with Gasteiger partial charge in [0.05, 0.1) is 48.4 Å². The maximum atomic E-state index is 14.8. The summed E-state index contributed by atoms with van der Waals surface area (Å²) in [6.45, 7) is 14.5. The highest BCUT2D eigenvalue weighted by Gasteiger charge is 2.44. The summed E-state index contributed by atoms with van der Waals surface area (Å²) >= 11 is 0. The number of anilines is 2. The molecule has 5 N–H and O–H groups in total. The Morgan fingerprint density at radius 2 is 1.66 bits per heavy atom. The van der Waals surface area contributed by atoms with Crippen LogP contribution in [0, 0.1) is 30.6 Å². The molecule has 0 saturated carbocycles.